The van der Waals surface area contributed by atoms with Crippen molar-refractivity contribution in [2.75, 3.05) is 33.9 Å². The maximum Gasteiger partial charge on any atom is 0.280 e. The molecule has 1 unspecified atom stereocenters. The third-order valence-electron chi connectivity index (χ3n) is 5.49. The van der Waals surface area contributed by atoms with Crippen LogP contribution in [0.3, 0.4) is 0 Å². The highest BCUT2D eigenvalue weighted by Crippen LogP contribution is 2.31. The number of hydrogen-bond donors (Lipinski definition) is 1. The summed E-state index contributed by atoms with van der Waals surface area (Å²) in [5.41, 5.74) is 2.58. The SMILES string of the molecule is COc1cc2c(cc1OC)C[NH+]([C@H](C)C(=O)N1CCCCC1)CC2. The fourth-order valence-corrected chi connectivity index (χ4v) is 3.92. The van der Waals surface area contributed by atoms with Crippen LogP contribution in [0.1, 0.15) is 37.3 Å². The number of carbonyl (C=O) groups excluding carboxylic acids is 1. The Labute approximate surface area is 144 Å². The highest BCUT2D eigenvalue weighted by atomic mass is 16.5. The second kappa shape index (κ2) is 7.43. The number of nitrogens with one attached hydrogen (secondary N) is 1. The summed E-state index contributed by atoms with van der Waals surface area (Å²) in [7, 11) is 3.34. The second-order valence-electron chi connectivity index (χ2n) is 6.92. The highest BCUT2D eigenvalue weighted by molar-refractivity contribution is 5.80. The number of quaternary nitrogens is 1. The Morgan fingerprint density at radius 1 is 1.08 bits per heavy atom. The van der Waals surface area contributed by atoms with Gasteiger partial charge < -0.3 is 19.3 Å². The number of rotatable bonds is 4. The molecule has 0 aromatic heterocycles. The molecular weight excluding hydrogens is 304 g/mol. The lowest BCUT2D eigenvalue weighted by atomic mass is 9.97. The zero-order chi connectivity index (χ0) is 17.1. The normalized spacial score (nSPS) is 21.8. The van der Waals surface area contributed by atoms with Crippen LogP contribution in [0.25, 0.3) is 0 Å². The highest BCUT2D eigenvalue weighted by Gasteiger charge is 2.33. The van der Waals surface area contributed by atoms with E-state index in [9.17, 15) is 4.79 Å². The van der Waals surface area contributed by atoms with Gasteiger partial charge in [-0.3, -0.25) is 4.79 Å². The molecular formula is C19H29N2O3+. The molecule has 1 aromatic carbocycles. The minimum atomic E-state index is 0.0179. The van der Waals surface area contributed by atoms with Gasteiger partial charge >= 0.3 is 0 Å². The Bertz CT molecular complexity index is 597. The summed E-state index contributed by atoms with van der Waals surface area (Å²) < 4.78 is 10.8. The van der Waals surface area contributed by atoms with Gasteiger partial charge in [0.05, 0.1) is 20.8 Å². The number of nitrogens with zero attached hydrogens (tertiary/aromatic N) is 1. The number of fused-ring (bicyclic) bond motifs is 1. The lowest BCUT2D eigenvalue weighted by molar-refractivity contribution is -0.930. The molecule has 3 rings (SSSR count). The molecule has 2 aliphatic heterocycles. The molecule has 1 fully saturated rings. The van der Waals surface area contributed by atoms with E-state index in [-0.39, 0.29) is 6.04 Å². The lowest BCUT2D eigenvalue weighted by Gasteiger charge is -2.34. The van der Waals surface area contributed by atoms with Crippen molar-refractivity contribution in [2.24, 2.45) is 0 Å². The minimum absolute atomic E-state index is 0.0179. The summed E-state index contributed by atoms with van der Waals surface area (Å²) in [5.74, 6) is 1.87. The van der Waals surface area contributed by atoms with Gasteiger partial charge in [-0.15, -0.1) is 0 Å². The Morgan fingerprint density at radius 3 is 2.33 bits per heavy atom. The zero-order valence-electron chi connectivity index (χ0n) is 15.1. The average molecular weight is 333 g/mol. The van der Waals surface area contributed by atoms with Crippen molar-refractivity contribution < 1.29 is 19.2 Å². The summed E-state index contributed by atoms with van der Waals surface area (Å²) in [6, 6.07) is 4.18. The van der Waals surface area contributed by atoms with Gasteiger partial charge in [0.25, 0.3) is 5.91 Å². The first-order valence-electron chi connectivity index (χ1n) is 9.01. The fourth-order valence-electron chi connectivity index (χ4n) is 3.92. The molecule has 5 nitrogen and oxygen atoms in total. The predicted octanol–water partition coefficient (Wildman–Crippen LogP) is 1.05. The van der Waals surface area contributed by atoms with E-state index in [4.69, 9.17) is 9.47 Å². The maximum atomic E-state index is 12.8. The van der Waals surface area contributed by atoms with Gasteiger partial charge in [0.2, 0.25) is 0 Å². The van der Waals surface area contributed by atoms with Crippen molar-refractivity contribution in [3.05, 3.63) is 23.3 Å². The van der Waals surface area contributed by atoms with Crippen LogP contribution in [0.2, 0.25) is 0 Å². The first-order chi connectivity index (χ1) is 11.6. The molecule has 1 saturated heterocycles. The summed E-state index contributed by atoms with van der Waals surface area (Å²) in [5, 5.41) is 0. The minimum Gasteiger partial charge on any atom is -0.493 e. The van der Waals surface area contributed by atoms with Crippen molar-refractivity contribution in [2.45, 2.75) is 45.2 Å². The third-order valence-corrected chi connectivity index (χ3v) is 5.49. The molecule has 132 valence electrons. The van der Waals surface area contributed by atoms with Crippen LogP contribution in [-0.2, 0) is 17.8 Å². The van der Waals surface area contributed by atoms with E-state index in [1.54, 1.807) is 14.2 Å². The molecule has 0 bridgehead atoms. The van der Waals surface area contributed by atoms with E-state index in [0.29, 0.717) is 5.91 Å². The number of benzene rings is 1. The van der Waals surface area contributed by atoms with E-state index in [2.05, 4.69) is 24.0 Å². The summed E-state index contributed by atoms with van der Waals surface area (Å²) in [4.78, 5) is 16.2. The average Bonchev–Trinajstić information content (AvgIpc) is 2.65. The molecule has 2 heterocycles. The number of amides is 1. The van der Waals surface area contributed by atoms with Crippen molar-refractivity contribution in [3.63, 3.8) is 0 Å². The van der Waals surface area contributed by atoms with E-state index < -0.39 is 0 Å². The second-order valence-corrected chi connectivity index (χ2v) is 6.92. The number of hydrogen-bond acceptors (Lipinski definition) is 3. The Morgan fingerprint density at radius 2 is 1.71 bits per heavy atom. The topological polar surface area (TPSA) is 43.2 Å². The van der Waals surface area contributed by atoms with Gasteiger partial charge in [-0.25, -0.2) is 0 Å². The van der Waals surface area contributed by atoms with Crippen molar-refractivity contribution >= 4 is 5.91 Å². The largest absolute Gasteiger partial charge is 0.493 e. The predicted molar refractivity (Wildman–Crippen MR) is 92.7 cm³/mol. The molecule has 2 aliphatic rings. The van der Waals surface area contributed by atoms with Crippen LogP contribution in [-0.4, -0.2) is 50.7 Å². The van der Waals surface area contributed by atoms with Crippen LogP contribution < -0.4 is 14.4 Å². The number of methoxy groups -OCH3 is 2. The summed E-state index contributed by atoms with van der Waals surface area (Å²) >= 11 is 0. The van der Waals surface area contributed by atoms with Crippen LogP contribution >= 0.6 is 0 Å². The van der Waals surface area contributed by atoms with Crippen molar-refractivity contribution in [3.8, 4) is 11.5 Å². The van der Waals surface area contributed by atoms with Crippen LogP contribution in [0, 0.1) is 0 Å². The molecule has 0 spiro atoms. The van der Waals surface area contributed by atoms with Crippen LogP contribution in [0.4, 0.5) is 0 Å². The Balaban J connectivity index is 1.72. The Kier molecular flexibility index (Phi) is 5.29. The molecule has 24 heavy (non-hydrogen) atoms. The molecule has 0 saturated carbocycles. The molecule has 1 aromatic rings. The van der Waals surface area contributed by atoms with Crippen molar-refractivity contribution in [1.29, 1.82) is 0 Å². The van der Waals surface area contributed by atoms with E-state index >= 15 is 0 Å². The molecule has 5 heteroatoms. The summed E-state index contributed by atoms with van der Waals surface area (Å²) in [6.45, 7) is 5.80. The molecule has 0 aliphatic carbocycles. The quantitative estimate of drug-likeness (QED) is 0.896. The molecule has 2 atom stereocenters. The van der Waals surface area contributed by atoms with Gasteiger partial charge in [0.1, 0.15) is 6.54 Å². The van der Waals surface area contributed by atoms with E-state index in [1.807, 2.05) is 0 Å². The zero-order valence-corrected chi connectivity index (χ0v) is 15.1. The monoisotopic (exact) mass is 333 g/mol. The maximum absolute atomic E-state index is 12.8. The smallest absolute Gasteiger partial charge is 0.280 e. The standard InChI is InChI=1S/C19H28N2O3/c1-14(19(22)20-8-5-4-6-9-20)21-10-7-15-11-17(23-2)18(24-3)12-16(15)13-21/h11-12,14H,4-10,13H2,1-3H3/p+1/t14-/m1/s1. The number of piperidine rings is 1. The van der Waals surface area contributed by atoms with Gasteiger partial charge in [-0.2, -0.15) is 0 Å². The number of ether oxygens (including phenoxy) is 2. The lowest BCUT2D eigenvalue weighted by Crippen LogP contribution is -3.16. The van der Waals surface area contributed by atoms with Crippen LogP contribution in [0.5, 0.6) is 11.5 Å². The van der Waals surface area contributed by atoms with Crippen LogP contribution in [0.15, 0.2) is 12.1 Å². The van der Waals surface area contributed by atoms with Gasteiger partial charge in [0.15, 0.2) is 17.5 Å². The Hall–Kier alpha value is -1.75. The van der Waals surface area contributed by atoms with Crippen molar-refractivity contribution in [1.82, 2.24) is 4.90 Å². The van der Waals surface area contributed by atoms with Gasteiger partial charge in [-0.1, -0.05) is 0 Å². The van der Waals surface area contributed by atoms with Gasteiger partial charge in [0, 0.05) is 25.1 Å². The fraction of sp³-hybridized carbons (Fsp3) is 0.632. The summed E-state index contributed by atoms with van der Waals surface area (Å²) in [6.07, 6.45) is 4.52. The first-order valence-corrected chi connectivity index (χ1v) is 9.01. The first kappa shape index (κ1) is 17.1. The van der Waals surface area contributed by atoms with E-state index in [0.717, 1.165) is 56.9 Å². The molecule has 0 radical (unpaired) electrons. The third kappa shape index (κ3) is 3.36. The van der Waals surface area contributed by atoms with Gasteiger partial charge in [-0.05, 0) is 43.9 Å². The number of likely N-dealkylation sites (tertiary alicyclic amines) is 1. The van der Waals surface area contributed by atoms with E-state index in [1.165, 1.54) is 22.4 Å². The molecule has 1 N–H and O–H groups in total. The molecule has 1 amide bonds. The number of carbonyl (C=O) groups is 1.